The van der Waals surface area contributed by atoms with Gasteiger partial charge in [-0.15, -0.1) is 0 Å². The number of hydrogen-bond acceptors (Lipinski definition) is 6. The van der Waals surface area contributed by atoms with Gasteiger partial charge in [0.15, 0.2) is 0 Å². The maximum atomic E-state index is 11.9. The molecule has 0 fully saturated rings. The highest BCUT2D eigenvalue weighted by molar-refractivity contribution is 5.87. The second-order valence-electron chi connectivity index (χ2n) is 8.60. The molecule has 0 N–H and O–H groups in total. The minimum atomic E-state index is -0.371. The van der Waals surface area contributed by atoms with Crippen LogP contribution in [0.1, 0.15) is 29.3 Å². The minimum Gasteiger partial charge on any atom is -0.463 e. The van der Waals surface area contributed by atoms with E-state index in [0.29, 0.717) is 19.0 Å². The molecule has 37 heavy (non-hydrogen) atoms. The predicted octanol–water partition coefficient (Wildman–Crippen LogP) is 5.51. The summed E-state index contributed by atoms with van der Waals surface area (Å²) in [7, 11) is 0. The van der Waals surface area contributed by atoms with Crippen LogP contribution in [0, 0.1) is 0 Å². The maximum absolute atomic E-state index is 11.9. The molecular formula is C30H29N3O4. The van der Waals surface area contributed by atoms with E-state index in [-0.39, 0.29) is 12.8 Å². The van der Waals surface area contributed by atoms with E-state index >= 15 is 0 Å². The molecule has 0 radical (unpaired) electrons. The van der Waals surface area contributed by atoms with E-state index in [0.717, 1.165) is 41.1 Å². The molecule has 0 unspecified atom stereocenters. The first-order valence-corrected chi connectivity index (χ1v) is 12.4. The quantitative estimate of drug-likeness (QED) is 0.214. The molecule has 0 saturated carbocycles. The van der Waals surface area contributed by atoms with Crippen LogP contribution < -0.4 is 4.90 Å². The van der Waals surface area contributed by atoms with E-state index in [1.54, 1.807) is 19.3 Å². The number of hydrogen-bond donors (Lipinski definition) is 0. The van der Waals surface area contributed by atoms with Crippen molar-refractivity contribution < 1.29 is 19.0 Å². The molecule has 0 saturated heterocycles. The summed E-state index contributed by atoms with van der Waals surface area (Å²) in [5, 5.41) is 0. The highest BCUT2D eigenvalue weighted by Gasteiger charge is 2.25. The molecule has 2 aromatic carbocycles. The van der Waals surface area contributed by atoms with Crippen molar-refractivity contribution in [3.05, 3.63) is 120 Å². The summed E-state index contributed by atoms with van der Waals surface area (Å²) in [6, 6.07) is 24.5. The molecule has 2 aromatic heterocycles. The Bertz CT molecular complexity index is 1410. The lowest BCUT2D eigenvalue weighted by Gasteiger charge is -2.25. The molecule has 5 rings (SSSR count). The number of carbonyl (C=O) groups excluding carboxylic acids is 1. The summed E-state index contributed by atoms with van der Waals surface area (Å²) in [4.78, 5) is 19.0. The van der Waals surface area contributed by atoms with Crippen LogP contribution >= 0.6 is 0 Å². The molecular weight excluding hydrogens is 466 g/mol. The topological polar surface area (TPSA) is 65.3 Å². The zero-order valence-electron chi connectivity index (χ0n) is 20.7. The van der Waals surface area contributed by atoms with Gasteiger partial charge in [0, 0.05) is 12.3 Å². The number of benzene rings is 2. The monoisotopic (exact) mass is 495 g/mol. The highest BCUT2D eigenvalue weighted by Crippen LogP contribution is 2.31. The number of imidazole rings is 1. The van der Waals surface area contributed by atoms with Crippen molar-refractivity contribution in [2.75, 3.05) is 18.3 Å². The van der Waals surface area contributed by atoms with Crippen molar-refractivity contribution >= 4 is 23.5 Å². The van der Waals surface area contributed by atoms with E-state index in [4.69, 9.17) is 19.2 Å². The number of fused-ring (bicyclic) bond motifs is 1. The first-order valence-electron chi connectivity index (χ1n) is 12.4. The Balaban J connectivity index is 1.58. The van der Waals surface area contributed by atoms with E-state index in [1.165, 1.54) is 11.6 Å². The van der Waals surface area contributed by atoms with Crippen molar-refractivity contribution in [3.63, 3.8) is 0 Å². The molecule has 0 atom stereocenters. The fraction of sp³-hybridized carbons (Fsp3) is 0.200. The maximum Gasteiger partial charge on any atom is 0.330 e. The summed E-state index contributed by atoms with van der Waals surface area (Å²) < 4.78 is 18.4. The third kappa shape index (κ3) is 5.83. The van der Waals surface area contributed by atoms with E-state index in [9.17, 15) is 4.79 Å². The number of pyridine rings is 1. The van der Waals surface area contributed by atoms with Crippen LogP contribution in [0.25, 0.3) is 11.7 Å². The largest absolute Gasteiger partial charge is 0.463 e. The Hall–Kier alpha value is -4.52. The zero-order valence-corrected chi connectivity index (χ0v) is 20.7. The van der Waals surface area contributed by atoms with Crippen LogP contribution in [0.15, 0.2) is 97.2 Å². The molecule has 0 aliphatic carbocycles. The molecule has 0 amide bonds. The molecule has 4 aromatic rings. The number of esters is 1. The lowest BCUT2D eigenvalue weighted by molar-refractivity contribution is -0.137. The van der Waals surface area contributed by atoms with Crippen LogP contribution in [-0.2, 0) is 38.4 Å². The van der Waals surface area contributed by atoms with Gasteiger partial charge in [-0.2, -0.15) is 0 Å². The van der Waals surface area contributed by atoms with Gasteiger partial charge in [0.25, 0.3) is 0 Å². The number of anilines is 1. The van der Waals surface area contributed by atoms with Crippen molar-refractivity contribution in [2.24, 2.45) is 0 Å². The summed E-state index contributed by atoms with van der Waals surface area (Å²) in [5.74, 6) is 1.15. The third-order valence-electron chi connectivity index (χ3n) is 6.04. The van der Waals surface area contributed by atoms with Crippen LogP contribution in [-0.4, -0.2) is 28.8 Å². The van der Waals surface area contributed by atoms with Gasteiger partial charge in [-0.25, -0.2) is 9.78 Å². The Morgan fingerprint density at radius 3 is 2.49 bits per heavy atom. The van der Waals surface area contributed by atoms with E-state index in [1.807, 2.05) is 42.6 Å². The number of nitrogens with zero attached hydrogens (tertiary/aromatic N) is 3. The molecule has 7 nitrogen and oxygen atoms in total. The van der Waals surface area contributed by atoms with Gasteiger partial charge < -0.3 is 14.2 Å². The minimum absolute atomic E-state index is 0.171. The average molecular weight is 496 g/mol. The normalized spacial score (nSPS) is 12.8. The fourth-order valence-electron chi connectivity index (χ4n) is 4.31. The number of ether oxygens (including phenoxy) is 3. The molecule has 0 spiro atoms. The summed E-state index contributed by atoms with van der Waals surface area (Å²) in [5.41, 5.74) is 4.98. The second kappa shape index (κ2) is 11.5. The van der Waals surface area contributed by atoms with Gasteiger partial charge in [0.2, 0.25) is 12.7 Å². The molecule has 1 aliphatic rings. The summed E-state index contributed by atoms with van der Waals surface area (Å²) in [6.07, 6.45) is 8.41. The van der Waals surface area contributed by atoms with Crippen molar-refractivity contribution in [1.29, 1.82) is 0 Å². The lowest BCUT2D eigenvalue weighted by atomic mass is 10.1. The van der Waals surface area contributed by atoms with Gasteiger partial charge in [-0.3, -0.25) is 9.30 Å². The number of aromatic nitrogens is 2. The predicted molar refractivity (Wildman–Crippen MR) is 142 cm³/mol. The van der Waals surface area contributed by atoms with E-state index < -0.39 is 0 Å². The lowest BCUT2D eigenvalue weighted by Crippen LogP contribution is -2.25. The van der Waals surface area contributed by atoms with Crippen LogP contribution in [0.3, 0.4) is 0 Å². The molecule has 1 aliphatic heterocycles. The van der Waals surface area contributed by atoms with Gasteiger partial charge >= 0.3 is 5.97 Å². The first-order chi connectivity index (χ1) is 18.2. The Morgan fingerprint density at radius 2 is 1.78 bits per heavy atom. The van der Waals surface area contributed by atoms with Gasteiger partial charge in [-0.05, 0) is 54.7 Å². The Morgan fingerprint density at radius 1 is 1.03 bits per heavy atom. The van der Waals surface area contributed by atoms with Crippen molar-refractivity contribution in [2.45, 2.75) is 26.3 Å². The summed E-state index contributed by atoms with van der Waals surface area (Å²) in [6.45, 7) is 2.87. The van der Waals surface area contributed by atoms with Gasteiger partial charge in [-0.1, -0.05) is 60.7 Å². The Labute approximate surface area is 216 Å². The second-order valence-corrected chi connectivity index (χ2v) is 8.60. The smallest absolute Gasteiger partial charge is 0.330 e. The average Bonchev–Trinajstić information content (AvgIpc) is 3.59. The van der Waals surface area contributed by atoms with Crippen molar-refractivity contribution in [1.82, 2.24) is 9.38 Å². The van der Waals surface area contributed by atoms with Crippen LogP contribution in [0.4, 0.5) is 5.82 Å². The first kappa shape index (κ1) is 24.2. The van der Waals surface area contributed by atoms with Crippen LogP contribution in [0.5, 0.6) is 0 Å². The third-order valence-corrected chi connectivity index (χ3v) is 6.04. The van der Waals surface area contributed by atoms with Crippen molar-refractivity contribution in [3.8, 4) is 0 Å². The summed E-state index contributed by atoms with van der Waals surface area (Å²) >= 11 is 0. The van der Waals surface area contributed by atoms with Crippen LogP contribution in [0.2, 0.25) is 0 Å². The zero-order chi connectivity index (χ0) is 25.5. The number of aryl methyl sites for hydroxylation is 2. The number of carbonyl (C=O) groups is 1. The number of rotatable bonds is 10. The SMILES string of the molecule is CCOC(=O)C=Cc1ccc2nc(CCc3ccccc3)c(N(Cc3ccccc3)C3=COCO3)n2c1. The standard InChI is InChI=1S/C30H29N3O4/c1-2-36-29(34)18-15-25-14-17-27-31-26(16-13-23-9-5-3-6-10-23)30(32(27)19-25)33(28-21-35-22-37-28)20-24-11-7-4-8-12-24/h3-12,14-15,17-19,21H,2,13,16,20,22H2,1H3. The van der Waals surface area contributed by atoms with E-state index in [2.05, 4.69) is 45.7 Å². The fourth-order valence-corrected chi connectivity index (χ4v) is 4.31. The highest BCUT2D eigenvalue weighted by atomic mass is 16.7. The Kier molecular flexibility index (Phi) is 7.50. The molecule has 7 heteroatoms. The molecule has 3 heterocycles. The molecule has 0 bridgehead atoms. The van der Waals surface area contributed by atoms with Gasteiger partial charge in [0.1, 0.15) is 17.7 Å². The van der Waals surface area contributed by atoms with Gasteiger partial charge in [0.05, 0.1) is 18.8 Å². The molecule has 188 valence electrons.